The van der Waals surface area contributed by atoms with E-state index in [1.54, 1.807) is 18.2 Å². The van der Waals surface area contributed by atoms with Crippen LogP contribution in [0.1, 0.15) is 23.7 Å². The van der Waals surface area contributed by atoms with Crippen molar-refractivity contribution in [1.29, 1.82) is 0 Å². The summed E-state index contributed by atoms with van der Waals surface area (Å²) in [7, 11) is 0. The van der Waals surface area contributed by atoms with Crippen molar-refractivity contribution in [3.63, 3.8) is 0 Å². The van der Waals surface area contributed by atoms with Gasteiger partial charge in [-0.05, 0) is 25.5 Å². The van der Waals surface area contributed by atoms with Gasteiger partial charge in [0.05, 0.1) is 22.9 Å². The monoisotopic (exact) mass is 268 g/mol. The van der Waals surface area contributed by atoms with Crippen LogP contribution in [0.2, 0.25) is 5.02 Å². The first-order chi connectivity index (χ1) is 8.59. The van der Waals surface area contributed by atoms with Gasteiger partial charge in [-0.25, -0.2) is 0 Å². The van der Waals surface area contributed by atoms with Crippen LogP contribution >= 0.6 is 11.6 Å². The number of halogens is 1. The summed E-state index contributed by atoms with van der Waals surface area (Å²) < 4.78 is 5.31. The number of benzene rings is 1. The molecule has 4 nitrogen and oxygen atoms in total. The summed E-state index contributed by atoms with van der Waals surface area (Å²) in [6.07, 6.45) is 0.979. The van der Waals surface area contributed by atoms with Crippen LogP contribution in [-0.4, -0.2) is 25.2 Å². The second-order valence-electron chi connectivity index (χ2n) is 4.59. The van der Waals surface area contributed by atoms with Crippen molar-refractivity contribution in [2.45, 2.75) is 19.4 Å². The Balaban J connectivity index is 2.05. The highest BCUT2D eigenvalue weighted by Crippen LogP contribution is 2.23. The molecule has 1 saturated heterocycles. The molecule has 2 rings (SSSR count). The summed E-state index contributed by atoms with van der Waals surface area (Å²) in [6, 6.07) is 5.13. The van der Waals surface area contributed by atoms with Crippen LogP contribution < -0.4 is 11.1 Å². The summed E-state index contributed by atoms with van der Waals surface area (Å²) in [6.45, 7) is 3.45. The molecule has 18 heavy (non-hydrogen) atoms. The van der Waals surface area contributed by atoms with Crippen LogP contribution in [0.3, 0.4) is 0 Å². The van der Waals surface area contributed by atoms with Crippen LogP contribution in [-0.2, 0) is 4.74 Å². The van der Waals surface area contributed by atoms with Gasteiger partial charge in [-0.1, -0.05) is 17.7 Å². The Labute approximate surface area is 111 Å². The van der Waals surface area contributed by atoms with E-state index in [0.29, 0.717) is 28.8 Å². The van der Waals surface area contributed by atoms with E-state index in [4.69, 9.17) is 22.1 Å². The zero-order chi connectivity index (χ0) is 13.1. The van der Waals surface area contributed by atoms with Crippen LogP contribution in [0.15, 0.2) is 18.2 Å². The van der Waals surface area contributed by atoms with Crippen LogP contribution in [0, 0.1) is 5.92 Å². The van der Waals surface area contributed by atoms with Crippen molar-refractivity contribution in [3.8, 4) is 0 Å². The van der Waals surface area contributed by atoms with E-state index in [-0.39, 0.29) is 11.9 Å². The van der Waals surface area contributed by atoms with Gasteiger partial charge in [-0.2, -0.15) is 0 Å². The molecule has 98 valence electrons. The van der Waals surface area contributed by atoms with E-state index in [1.165, 1.54) is 0 Å². The highest BCUT2D eigenvalue weighted by atomic mass is 35.5. The van der Waals surface area contributed by atoms with Crippen LogP contribution in [0.5, 0.6) is 0 Å². The number of nitrogens with one attached hydrogen (secondary N) is 1. The van der Waals surface area contributed by atoms with Gasteiger partial charge in [0.25, 0.3) is 5.91 Å². The lowest BCUT2D eigenvalue weighted by Crippen LogP contribution is -2.38. The lowest BCUT2D eigenvalue weighted by Gasteiger charge is -2.19. The molecular weight excluding hydrogens is 252 g/mol. The zero-order valence-electron chi connectivity index (χ0n) is 10.3. The third kappa shape index (κ3) is 2.76. The van der Waals surface area contributed by atoms with Gasteiger partial charge in [-0.15, -0.1) is 0 Å². The molecule has 2 unspecified atom stereocenters. The van der Waals surface area contributed by atoms with Crippen molar-refractivity contribution < 1.29 is 9.53 Å². The Hall–Kier alpha value is -1.26. The average molecular weight is 269 g/mol. The molecule has 0 bridgehead atoms. The highest BCUT2D eigenvalue weighted by molar-refractivity contribution is 6.33. The van der Waals surface area contributed by atoms with Crippen molar-refractivity contribution >= 4 is 23.2 Å². The fraction of sp³-hybridized carbons (Fsp3) is 0.462. The molecule has 0 aliphatic carbocycles. The molecule has 1 fully saturated rings. The molecule has 0 aromatic heterocycles. The first kappa shape index (κ1) is 13.2. The van der Waals surface area contributed by atoms with Gasteiger partial charge in [-0.3, -0.25) is 4.79 Å². The third-order valence-corrected chi connectivity index (χ3v) is 3.66. The number of para-hydroxylation sites is 1. The second kappa shape index (κ2) is 5.59. The molecule has 0 spiro atoms. The van der Waals surface area contributed by atoms with Crippen LogP contribution in [0.4, 0.5) is 5.69 Å². The number of nitrogens with two attached hydrogens (primary N) is 1. The Morgan fingerprint density at radius 2 is 2.39 bits per heavy atom. The molecule has 1 amide bonds. The molecule has 1 aliphatic rings. The summed E-state index contributed by atoms with van der Waals surface area (Å²) >= 11 is 5.90. The number of rotatable bonds is 3. The van der Waals surface area contributed by atoms with Gasteiger partial charge in [0.2, 0.25) is 0 Å². The zero-order valence-corrected chi connectivity index (χ0v) is 11.0. The molecule has 0 saturated carbocycles. The first-order valence-electron chi connectivity index (χ1n) is 6.02. The summed E-state index contributed by atoms with van der Waals surface area (Å²) in [5.41, 5.74) is 6.55. The molecule has 1 aliphatic heterocycles. The SMILES string of the molecule is CC(NC(=O)c1cccc(Cl)c1N)C1CCOC1. The number of ether oxygens (including phenoxy) is 1. The number of amides is 1. The minimum atomic E-state index is -0.186. The first-order valence-corrected chi connectivity index (χ1v) is 6.40. The van der Waals surface area contributed by atoms with Gasteiger partial charge in [0.15, 0.2) is 0 Å². The summed E-state index contributed by atoms with van der Waals surface area (Å²) in [5, 5.41) is 3.35. The van der Waals surface area contributed by atoms with E-state index in [2.05, 4.69) is 5.32 Å². The van der Waals surface area contributed by atoms with Gasteiger partial charge >= 0.3 is 0 Å². The molecule has 5 heteroatoms. The molecule has 3 N–H and O–H groups in total. The maximum atomic E-state index is 12.1. The smallest absolute Gasteiger partial charge is 0.253 e. The standard InChI is InChI=1S/C13H17ClN2O2/c1-8(9-5-6-18-7-9)16-13(17)10-3-2-4-11(14)12(10)15/h2-4,8-9H,5-7,15H2,1H3,(H,16,17). The molecule has 2 atom stereocenters. The average Bonchev–Trinajstić information content (AvgIpc) is 2.86. The van der Waals surface area contributed by atoms with E-state index in [1.807, 2.05) is 6.92 Å². The Morgan fingerprint density at radius 1 is 1.61 bits per heavy atom. The Bertz CT molecular complexity index is 445. The molecule has 1 aromatic carbocycles. The van der Waals surface area contributed by atoms with Crippen molar-refractivity contribution in [2.24, 2.45) is 5.92 Å². The molecule has 0 radical (unpaired) electrons. The number of hydrogen-bond donors (Lipinski definition) is 2. The van der Waals surface area contributed by atoms with Crippen molar-refractivity contribution in [2.75, 3.05) is 18.9 Å². The maximum absolute atomic E-state index is 12.1. The fourth-order valence-corrected chi connectivity index (χ4v) is 2.26. The van der Waals surface area contributed by atoms with E-state index >= 15 is 0 Å². The normalized spacial score (nSPS) is 20.7. The molecule has 1 aromatic rings. The largest absolute Gasteiger partial charge is 0.397 e. The maximum Gasteiger partial charge on any atom is 0.253 e. The number of anilines is 1. The highest BCUT2D eigenvalue weighted by Gasteiger charge is 2.24. The lowest BCUT2D eigenvalue weighted by atomic mass is 10.0. The number of carbonyl (C=O) groups is 1. The van der Waals surface area contributed by atoms with E-state index in [9.17, 15) is 4.79 Å². The quantitative estimate of drug-likeness (QED) is 0.825. The molecule has 1 heterocycles. The minimum absolute atomic E-state index is 0.0679. The molecular formula is C13H17ClN2O2. The number of hydrogen-bond acceptors (Lipinski definition) is 3. The van der Waals surface area contributed by atoms with Crippen LogP contribution in [0.25, 0.3) is 0 Å². The number of carbonyl (C=O) groups excluding carboxylic acids is 1. The van der Waals surface area contributed by atoms with Gasteiger partial charge in [0.1, 0.15) is 0 Å². The summed E-state index contributed by atoms with van der Waals surface area (Å²) in [5.74, 6) is 0.184. The van der Waals surface area contributed by atoms with E-state index in [0.717, 1.165) is 13.0 Å². The Kier molecular flexibility index (Phi) is 4.09. The number of nitrogen functional groups attached to an aromatic ring is 1. The Morgan fingerprint density at radius 3 is 3.06 bits per heavy atom. The van der Waals surface area contributed by atoms with E-state index < -0.39 is 0 Å². The minimum Gasteiger partial charge on any atom is -0.397 e. The lowest BCUT2D eigenvalue weighted by molar-refractivity contribution is 0.0923. The third-order valence-electron chi connectivity index (χ3n) is 3.33. The second-order valence-corrected chi connectivity index (χ2v) is 4.99. The summed E-state index contributed by atoms with van der Waals surface area (Å²) in [4.78, 5) is 12.1. The topological polar surface area (TPSA) is 64.4 Å². The predicted octanol–water partition coefficient (Wildman–Crippen LogP) is 2.08. The van der Waals surface area contributed by atoms with Crippen molar-refractivity contribution in [1.82, 2.24) is 5.32 Å². The van der Waals surface area contributed by atoms with Crippen molar-refractivity contribution in [3.05, 3.63) is 28.8 Å². The van der Waals surface area contributed by atoms with Gasteiger partial charge < -0.3 is 15.8 Å². The predicted molar refractivity (Wildman–Crippen MR) is 71.7 cm³/mol. The fourth-order valence-electron chi connectivity index (χ4n) is 2.08. The van der Waals surface area contributed by atoms with Gasteiger partial charge in [0, 0.05) is 18.6 Å².